The first-order valence-electron chi connectivity index (χ1n) is 5.28. The van der Waals surface area contributed by atoms with E-state index in [2.05, 4.69) is 14.8 Å². The molecular weight excluding hydrogens is 275 g/mol. The van der Waals surface area contributed by atoms with E-state index in [1.807, 2.05) is 0 Å². The minimum Gasteiger partial charge on any atom is -0.394 e. The monoisotopic (exact) mass is 286 g/mol. The third-order valence-corrected chi connectivity index (χ3v) is 3.59. The summed E-state index contributed by atoms with van der Waals surface area (Å²) in [6, 6.07) is 1.21. The van der Waals surface area contributed by atoms with Crippen LogP contribution in [0.2, 0.25) is 0 Å². The zero-order valence-electron chi connectivity index (χ0n) is 9.69. The molecule has 0 atom stereocenters. The molecule has 0 saturated heterocycles. The van der Waals surface area contributed by atoms with Gasteiger partial charge in [0.1, 0.15) is 4.90 Å². The van der Waals surface area contributed by atoms with Crippen LogP contribution >= 0.6 is 0 Å². The van der Waals surface area contributed by atoms with E-state index in [4.69, 9.17) is 5.11 Å². The number of aliphatic hydroxyl groups excluding tert-OH is 1. The highest BCUT2D eigenvalue weighted by atomic mass is 32.2. The molecule has 0 saturated carbocycles. The second-order valence-electron chi connectivity index (χ2n) is 3.62. The summed E-state index contributed by atoms with van der Waals surface area (Å²) in [7, 11) is -3.92. The normalized spacial score (nSPS) is 11.5. The summed E-state index contributed by atoms with van der Waals surface area (Å²) >= 11 is 0. The minimum absolute atomic E-state index is 0.114. The Balaban J connectivity index is 2.25. The van der Waals surface area contributed by atoms with Crippen molar-refractivity contribution in [3.63, 3.8) is 0 Å². The third-order valence-electron chi connectivity index (χ3n) is 2.27. The molecular formula is C10H11FN4O3S. The fourth-order valence-electron chi connectivity index (χ4n) is 1.37. The number of halogens is 1. The van der Waals surface area contributed by atoms with Crippen molar-refractivity contribution in [3.8, 4) is 0 Å². The second-order valence-corrected chi connectivity index (χ2v) is 5.31. The summed E-state index contributed by atoms with van der Waals surface area (Å²) < 4.78 is 40.6. The summed E-state index contributed by atoms with van der Waals surface area (Å²) in [4.78, 5) is 3.41. The smallest absolute Gasteiger partial charge is 0.265 e. The molecule has 102 valence electrons. The van der Waals surface area contributed by atoms with Gasteiger partial charge in [-0.05, 0) is 6.07 Å². The maximum atomic E-state index is 13.3. The van der Waals surface area contributed by atoms with E-state index >= 15 is 0 Å². The largest absolute Gasteiger partial charge is 0.394 e. The number of aromatic nitrogens is 3. The van der Waals surface area contributed by atoms with Crippen LogP contribution in [-0.2, 0) is 16.6 Å². The zero-order valence-corrected chi connectivity index (χ0v) is 10.5. The number of hydrogen-bond acceptors (Lipinski definition) is 5. The molecule has 19 heavy (non-hydrogen) atoms. The van der Waals surface area contributed by atoms with E-state index in [0.717, 1.165) is 12.4 Å². The van der Waals surface area contributed by atoms with Crippen molar-refractivity contribution in [1.82, 2.24) is 14.8 Å². The molecule has 2 aromatic rings. The second kappa shape index (κ2) is 5.33. The van der Waals surface area contributed by atoms with Crippen molar-refractivity contribution in [2.75, 3.05) is 11.3 Å². The Bertz CT molecular complexity index is 671. The number of hydrogen-bond donors (Lipinski definition) is 2. The average molecular weight is 286 g/mol. The predicted octanol–water partition coefficient (Wildman–Crippen LogP) is 0.210. The van der Waals surface area contributed by atoms with Gasteiger partial charge in [-0.1, -0.05) is 0 Å². The first-order chi connectivity index (χ1) is 9.03. The number of nitrogens with one attached hydrogen (secondary N) is 1. The maximum absolute atomic E-state index is 13.3. The molecule has 2 rings (SSSR count). The molecule has 0 bridgehead atoms. The van der Waals surface area contributed by atoms with Crippen LogP contribution in [-0.4, -0.2) is 34.9 Å². The molecule has 0 spiro atoms. The molecule has 0 aromatic carbocycles. The highest BCUT2D eigenvalue weighted by Crippen LogP contribution is 2.17. The number of aliphatic hydroxyl groups is 1. The van der Waals surface area contributed by atoms with Crippen LogP contribution in [0.15, 0.2) is 35.7 Å². The fourth-order valence-corrected chi connectivity index (χ4v) is 2.39. The Labute approximate surface area is 108 Å². The van der Waals surface area contributed by atoms with Gasteiger partial charge in [0.25, 0.3) is 10.0 Å². The van der Waals surface area contributed by atoms with Gasteiger partial charge in [0.2, 0.25) is 0 Å². The van der Waals surface area contributed by atoms with E-state index in [1.54, 1.807) is 0 Å². The predicted molar refractivity (Wildman–Crippen MR) is 64.3 cm³/mol. The maximum Gasteiger partial charge on any atom is 0.265 e. The number of pyridine rings is 1. The van der Waals surface area contributed by atoms with Gasteiger partial charge in [-0.3, -0.25) is 14.4 Å². The Morgan fingerprint density at radius 2 is 2.21 bits per heavy atom. The van der Waals surface area contributed by atoms with Gasteiger partial charge in [-0.15, -0.1) is 0 Å². The van der Waals surface area contributed by atoms with E-state index < -0.39 is 15.8 Å². The van der Waals surface area contributed by atoms with Gasteiger partial charge in [0.15, 0.2) is 5.82 Å². The van der Waals surface area contributed by atoms with E-state index in [1.165, 1.54) is 23.1 Å². The molecule has 7 nitrogen and oxygen atoms in total. The molecule has 0 aliphatic carbocycles. The molecule has 2 N–H and O–H groups in total. The lowest BCUT2D eigenvalue weighted by molar-refractivity contribution is 0.269. The van der Waals surface area contributed by atoms with Gasteiger partial charge in [-0.2, -0.15) is 5.10 Å². The van der Waals surface area contributed by atoms with Gasteiger partial charge in [0.05, 0.1) is 31.2 Å². The van der Waals surface area contributed by atoms with E-state index in [9.17, 15) is 12.8 Å². The van der Waals surface area contributed by atoms with Crippen molar-refractivity contribution in [1.29, 1.82) is 0 Å². The molecule has 9 heteroatoms. The topological polar surface area (TPSA) is 97.1 Å². The van der Waals surface area contributed by atoms with Crippen LogP contribution in [0.5, 0.6) is 0 Å². The lowest BCUT2D eigenvalue weighted by Gasteiger charge is -2.06. The molecule has 0 aliphatic rings. The first-order valence-corrected chi connectivity index (χ1v) is 6.77. The summed E-state index contributed by atoms with van der Waals surface area (Å²) in [5.41, 5.74) is -0.190. The third kappa shape index (κ3) is 3.06. The van der Waals surface area contributed by atoms with Crippen LogP contribution in [0.25, 0.3) is 0 Å². The quantitative estimate of drug-likeness (QED) is 0.819. The van der Waals surface area contributed by atoms with Gasteiger partial charge >= 0.3 is 0 Å². The van der Waals surface area contributed by atoms with Crippen LogP contribution in [0.4, 0.5) is 10.1 Å². The SMILES string of the molecule is O=S(=O)(Nc1ccncc1F)c1cnn(CCO)c1. The highest BCUT2D eigenvalue weighted by Gasteiger charge is 2.18. The summed E-state index contributed by atoms with van der Waals surface area (Å²) in [6.45, 7) is 0.0206. The Kier molecular flexibility index (Phi) is 3.76. The lowest BCUT2D eigenvalue weighted by Crippen LogP contribution is -2.13. The molecule has 0 amide bonds. The molecule has 2 aromatic heterocycles. The van der Waals surface area contributed by atoms with Gasteiger partial charge < -0.3 is 5.11 Å². The molecule has 0 radical (unpaired) electrons. The van der Waals surface area contributed by atoms with Crippen molar-refractivity contribution < 1.29 is 17.9 Å². The van der Waals surface area contributed by atoms with Crippen LogP contribution < -0.4 is 4.72 Å². The first kappa shape index (κ1) is 13.4. The number of anilines is 1. The lowest BCUT2D eigenvalue weighted by atomic mass is 10.4. The fraction of sp³-hybridized carbons (Fsp3) is 0.200. The Morgan fingerprint density at radius 1 is 1.42 bits per heavy atom. The van der Waals surface area contributed by atoms with Crippen molar-refractivity contribution in [2.24, 2.45) is 0 Å². The number of rotatable bonds is 5. The minimum atomic E-state index is -3.92. The van der Waals surface area contributed by atoms with Crippen molar-refractivity contribution in [2.45, 2.75) is 11.4 Å². The number of nitrogens with zero attached hydrogens (tertiary/aromatic N) is 3. The molecule has 0 fully saturated rings. The van der Waals surface area contributed by atoms with Crippen LogP contribution in [0.3, 0.4) is 0 Å². The van der Waals surface area contributed by atoms with Crippen LogP contribution in [0.1, 0.15) is 0 Å². The summed E-state index contributed by atoms with van der Waals surface area (Å²) in [5.74, 6) is -0.770. The van der Waals surface area contributed by atoms with Gasteiger partial charge in [-0.25, -0.2) is 12.8 Å². The number of sulfonamides is 1. The average Bonchev–Trinajstić information content (AvgIpc) is 2.82. The van der Waals surface area contributed by atoms with Crippen molar-refractivity contribution >= 4 is 15.7 Å². The Morgan fingerprint density at radius 3 is 2.89 bits per heavy atom. The molecule has 2 heterocycles. The molecule has 0 aliphatic heterocycles. The van der Waals surface area contributed by atoms with Crippen molar-refractivity contribution in [3.05, 3.63) is 36.7 Å². The van der Waals surface area contributed by atoms with Crippen LogP contribution in [0, 0.1) is 5.82 Å². The highest BCUT2D eigenvalue weighted by molar-refractivity contribution is 7.92. The zero-order chi connectivity index (χ0) is 13.9. The van der Waals surface area contributed by atoms with Gasteiger partial charge in [0, 0.05) is 12.4 Å². The molecule has 0 unspecified atom stereocenters. The van der Waals surface area contributed by atoms with E-state index in [0.29, 0.717) is 0 Å². The summed E-state index contributed by atoms with van der Waals surface area (Å²) in [5, 5.41) is 12.5. The summed E-state index contributed by atoms with van der Waals surface area (Å²) in [6.07, 6.45) is 4.55. The van der Waals surface area contributed by atoms with E-state index in [-0.39, 0.29) is 23.7 Å². The Hall–Kier alpha value is -2.00. The standard InChI is InChI=1S/C10H11FN4O3S/c11-9-6-12-2-1-10(9)14-19(17,18)8-5-13-15(7-8)3-4-16/h1-2,5-7,16H,3-4H2,(H,12,14).